The molecular weight excluding hydrogens is 254 g/mol. The predicted molar refractivity (Wildman–Crippen MR) is 76.6 cm³/mol. The minimum absolute atomic E-state index is 0.0867. The van der Waals surface area contributed by atoms with Crippen molar-refractivity contribution < 1.29 is 14.3 Å². The van der Waals surface area contributed by atoms with Crippen molar-refractivity contribution in [2.45, 2.75) is 25.9 Å². The van der Waals surface area contributed by atoms with Crippen molar-refractivity contribution in [2.75, 3.05) is 31.3 Å². The highest BCUT2D eigenvalue weighted by Gasteiger charge is 2.28. The molecular formula is C16H21NO3. The fraction of sp³-hybridized carbons (Fsp3) is 0.562. The summed E-state index contributed by atoms with van der Waals surface area (Å²) in [5.74, 6) is 0.317. The molecule has 1 fully saturated rings. The Hall–Kier alpha value is -1.39. The first-order valence-corrected chi connectivity index (χ1v) is 7.41. The maximum absolute atomic E-state index is 12.8. The third-order valence-electron chi connectivity index (χ3n) is 4.07. The number of fused-ring (bicyclic) bond motifs is 1. The number of ether oxygens (including phenoxy) is 2. The Labute approximate surface area is 119 Å². The lowest BCUT2D eigenvalue weighted by atomic mass is 9.98. The molecule has 2 aliphatic rings. The summed E-state index contributed by atoms with van der Waals surface area (Å²) in [5.41, 5.74) is 2.11. The average Bonchev–Trinajstić information content (AvgIpc) is 2.87. The second-order valence-electron chi connectivity index (χ2n) is 5.41. The van der Waals surface area contributed by atoms with Crippen LogP contribution in [0.2, 0.25) is 0 Å². The molecule has 4 nitrogen and oxygen atoms in total. The van der Waals surface area contributed by atoms with Gasteiger partial charge in [0.25, 0.3) is 0 Å². The third kappa shape index (κ3) is 2.86. The van der Waals surface area contributed by atoms with Crippen LogP contribution in [0.15, 0.2) is 24.3 Å². The lowest BCUT2D eigenvalue weighted by Crippen LogP contribution is -2.38. The van der Waals surface area contributed by atoms with E-state index in [2.05, 4.69) is 0 Å². The van der Waals surface area contributed by atoms with Gasteiger partial charge in [-0.3, -0.25) is 4.79 Å². The SMILES string of the molecule is O=C(C1CCCOCC1)N1CCOCc2ccccc21. The first kappa shape index (κ1) is 13.6. The van der Waals surface area contributed by atoms with Gasteiger partial charge in [0.15, 0.2) is 0 Å². The van der Waals surface area contributed by atoms with Crippen LogP contribution in [0.25, 0.3) is 0 Å². The van der Waals surface area contributed by atoms with Crippen molar-refractivity contribution in [1.29, 1.82) is 0 Å². The number of para-hydroxylation sites is 1. The summed E-state index contributed by atoms with van der Waals surface area (Å²) < 4.78 is 11.1. The van der Waals surface area contributed by atoms with E-state index < -0.39 is 0 Å². The molecule has 0 bridgehead atoms. The zero-order valence-corrected chi connectivity index (χ0v) is 11.7. The van der Waals surface area contributed by atoms with Gasteiger partial charge in [0.05, 0.1) is 13.2 Å². The molecule has 1 saturated heterocycles. The van der Waals surface area contributed by atoms with E-state index in [1.165, 1.54) is 0 Å². The lowest BCUT2D eigenvalue weighted by molar-refractivity contribution is -0.122. The van der Waals surface area contributed by atoms with Crippen molar-refractivity contribution in [1.82, 2.24) is 0 Å². The molecule has 1 atom stereocenters. The molecule has 1 amide bonds. The second-order valence-corrected chi connectivity index (χ2v) is 5.41. The molecule has 108 valence electrons. The highest BCUT2D eigenvalue weighted by atomic mass is 16.5. The minimum Gasteiger partial charge on any atom is -0.381 e. The average molecular weight is 275 g/mol. The van der Waals surface area contributed by atoms with Crippen LogP contribution in [-0.2, 0) is 20.9 Å². The standard InChI is InChI=1S/C16H21NO3/c18-16(13-5-3-9-19-10-7-13)17-8-11-20-12-14-4-1-2-6-15(14)17/h1-2,4,6,13H,3,5,7-12H2. The zero-order valence-electron chi connectivity index (χ0n) is 11.7. The highest BCUT2D eigenvalue weighted by molar-refractivity contribution is 5.95. The van der Waals surface area contributed by atoms with Crippen molar-refractivity contribution in [3.8, 4) is 0 Å². The number of hydrogen-bond donors (Lipinski definition) is 0. The number of amides is 1. The first-order chi connectivity index (χ1) is 9.86. The quantitative estimate of drug-likeness (QED) is 0.790. The Morgan fingerprint density at radius 1 is 1.10 bits per heavy atom. The molecule has 1 aromatic carbocycles. The molecule has 0 spiro atoms. The van der Waals surface area contributed by atoms with Crippen LogP contribution in [0.5, 0.6) is 0 Å². The maximum atomic E-state index is 12.8. The number of benzene rings is 1. The topological polar surface area (TPSA) is 38.8 Å². The van der Waals surface area contributed by atoms with Crippen LogP contribution in [0.3, 0.4) is 0 Å². The van der Waals surface area contributed by atoms with Crippen LogP contribution in [-0.4, -0.2) is 32.3 Å². The molecule has 1 aromatic rings. The molecule has 2 heterocycles. The maximum Gasteiger partial charge on any atom is 0.230 e. The van der Waals surface area contributed by atoms with Gasteiger partial charge in [-0.05, 0) is 25.3 Å². The van der Waals surface area contributed by atoms with Gasteiger partial charge in [-0.2, -0.15) is 0 Å². The summed E-state index contributed by atoms with van der Waals surface area (Å²) >= 11 is 0. The van der Waals surface area contributed by atoms with Gasteiger partial charge < -0.3 is 14.4 Å². The molecule has 2 aliphatic heterocycles. The number of nitrogens with zero attached hydrogens (tertiary/aromatic N) is 1. The lowest BCUT2D eigenvalue weighted by Gasteiger charge is -2.26. The Morgan fingerprint density at radius 2 is 2.00 bits per heavy atom. The van der Waals surface area contributed by atoms with Crippen molar-refractivity contribution in [3.63, 3.8) is 0 Å². The van der Waals surface area contributed by atoms with Crippen LogP contribution in [0.4, 0.5) is 5.69 Å². The zero-order chi connectivity index (χ0) is 13.8. The molecule has 4 heteroatoms. The van der Waals surface area contributed by atoms with E-state index in [0.29, 0.717) is 26.4 Å². The van der Waals surface area contributed by atoms with Gasteiger partial charge in [0, 0.05) is 36.9 Å². The monoisotopic (exact) mass is 275 g/mol. The van der Waals surface area contributed by atoms with Gasteiger partial charge in [-0.1, -0.05) is 18.2 Å². The van der Waals surface area contributed by atoms with Gasteiger partial charge in [-0.15, -0.1) is 0 Å². The van der Waals surface area contributed by atoms with Gasteiger partial charge in [0.2, 0.25) is 5.91 Å². The summed E-state index contributed by atoms with van der Waals surface area (Å²) in [4.78, 5) is 14.8. The van der Waals surface area contributed by atoms with Crippen LogP contribution in [0.1, 0.15) is 24.8 Å². The van der Waals surface area contributed by atoms with E-state index in [9.17, 15) is 4.79 Å². The first-order valence-electron chi connectivity index (χ1n) is 7.41. The van der Waals surface area contributed by atoms with E-state index in [0.717, 1.165) is 37.1 Å². The molecule has 20 heavy (non-hydrogen) atoms. The fourth-order valence-corrected chi connectivity index (χ4v) is 2.95. The number of hydrogen-bond acceptors (Lipinski definition) is 3. The molecule has 0 aliphatic carbocycles. The number of carbonyl (C=O) groups excluding carboxylic acids is 1. The Kier molecular flexibility index (Phi) is 4.33. The number of anilines is 1. The summed E-state index contributed by atoms with van der Waals surface area (Å²) in [6.45, 7) is 3.32. The molecule has 0 aromatic heterocycles. The van der Waals surface area contributed by atoms with Crippen LogP contribution >= 0.6 is 0 Å². The van der Waals surface area contributed by atoms with Crippen molar-refractivity contribution >= 4 is 11.6 Å². The van der Waals surface area contributed by atoms with Crippen LogP contribution in [0, 0.1) is 5.92 Å². The summed E-state index contributed by atoms with van der Waals surface area (Å²) in [5, 5.41) is 0. The summed E-state index contributed by atoms with van der Waals surface area (Å²) in [7, 11) is 0. The molecule has 1 unspecified atom stereocenters. The normalized spacial score (nSPS) is 23.6. The smallest absolute Gasteiger partial charge is 0.230 e. The molecule has 0 saturated carbocycles. The fourth-order valence-electron chi connectivity index (χ4n) is 2.95. The van der Waals surface area contributed by atoms with E-state index in [-0.39, 0.29) is 11.8 Å². The van der Waals surface area contributed by atoms with Gasteiger partial charge in [0.1, 0.15) is 0 Å². The van der Waals surface area contributed by atoms with E-state index in [1.807, 2.05) is 29.2 Å². The van der Waals surface area contributed by atoms with Crippen molar-refractivity contribution in [3.05, 3.63) is 29.8 Å². The van der Waals surface area contributed by atoms with Crippen molar-refractivity contribution in [2.24, 2.45) is 5.92 Å². The summed E-state index contributed by atoms with van der Waals surface area (Å²) in [6, 6.07) is 8.04. The van der Waals surface area contributed by atoms with E-state index >= 15 is 0 Å². The largest absolute Gasteiger partial charge is 0.381 e. The number of carbonyl (C=O) groups is 1. The minimum atomic E-state index is 0.0867. The molecule has 3 rings (SSSR count). The summed E-state index contributed by atoms with van der Waals surface area (Å²) in [6.07, 6.45) is 2.74. The predicted octanol–water partition coefficient (Wildman–Crippen LogP) is 2.37. The third-order valence-corrected chi connectivity index (χ3v) is 4.07. The van der Waals surface area contributed by atoms with E-state index in [4.69, 9.17) is 9.47 Å². The Bertz CT molecular complexity index is 467. The molecule has 0 radical (unpaired) electrons. The molecule has 0 N–H and O–H groups in total. The number of rotatable bonds is 1. The van der Waals surface area contributed by atoms with Crippen LogP contribution < -0.4 is 4.90 Å². The highest BCUT2D eigenvalue weighted by Crippen LogP contribution is 2.27. The Morgan fingerprint density at radius 3 is 2.95 bits per heavy atom. The van der Waals surface area contributed by atoms with Gasteiger partial charge in [-0.25, -0.2) is 0 Å². The second kappa shape index (κ2) is 6.37. The Balaban J connectivity index is 1.83. The van der Waals surface area contributed by atoms with Gasteiger partial charge >= 0.3 is 0 Å². The van der Waals surface area contributed by atoms with E-state index in [1.54, 1.807) is 0 Å².